The molecule has 0 radical (unpaired) electrons. The molecule has 6 atom stereocenters. The molecule has 6 aromatic carbocycles. The first-order valence-electron chi connectivity index (χ1n) is 13.9. The van der Waals surface area contributed by atoms with E-state index < -0.39 is 0 Å². The van der Waals surface area contributed by atoms with E-state index in [0.29, 0.717) is 0 Å². The minimum atomic E-state index is 0. The van der Waals surface area contributed by atoms with Gasteiger partial charge in [0.15, 0.2) is 0 Å². The van der Waals surface area contributed by atoms with E-state index in [1.807, 2.05) is 0 Å². The SMILES string of the molecule is Cl.c1ccc([PH][Ni]([PH]c2ccccc2)[PH]c2ccccc2)cc1.c1ccc([PH][Ni]([PH]c2ccccc2)[PH]c2ccccc2)cc1. The molecule has 45 heavy (non-hydrogen) atoms. The van der Waals surface area contributed by atoms with Gasteiger partial charge in [-0.25, -0.2) is 0 Å². The van der Waals surface area contributed by atoms with Gasteiger partial charge >= 0.3 is 282 Å². The molecule has 6 unspecified atom stereocenters. The molecule has 9 heteroatoms. The zero-order valence-electron chi connectivity index (χ0n) is 24.4. The van der Waals surface area contributed by atoms with Crippen LogP contribution in [0.1, 0.15) is 0 Å². The van der Waals surface area contributed by atoms with Crippen LogP contribution in [0.2, 0.25) is 0 Å². The van der Waals surface area contributed by atoms with Crippen molar-refractivity contribution in [3.63, 3.8) is 0 Å². The van der Waals surface area contributed by atoms with Crippen molar-refractivity contribution in [1.82, 2.24) is 0 Å². The van der Waals surface area contributed by atoms with Crippen molar-refractivity contribution in [3.05, 3.63) is 182 Å². The van der Waals surface area contributed by atoms with Crippen LogP contribution >= 0.6 is 56.5 Å². The summed E-state index contributed by atoms with van der Waals surface area (Å²) in [6.07, 6.45) is 0. The Morgan fingerprint density at radius 2 is 0.356 bits per heavy atom. The van der Waals surface area contributed by atoms with Crippen LogP contribution < -0.4 is 31.8 Å². The van der Waals surface area contributed by atoms with Crippen LogP contribution in [0, 0.1) is 0 Å². The molecular formula is C36H37ClNi2P6. The van der Waals surface area contributed by atoms with Gasteiger partial charge in [-0.1, -0.05) is 0 Å². The Morgan fingerprint density at radius 3 is 0.489 bits per heavy atom. The third kappa shape index (κ3) is 14.5. The molecule has 0 saturated carbocycles. The summed E-state index contributed by atoms with van der Waals surface area (Å²) in [7, 11) is 5.48. The summed E-state index contributed by atoms with van der Waals surface area (Å²) in [5.41, 5.74) is 0. The summed E-state index contributed by atoms with van der Waals surface area (Å²) in [6.45, 7) is 0. The Hall–Kier alpha value is -0.823. The van der Waals surface area contributed by atoms with Crippen molar-refractivity contribution >= 4 is 88.4 Å². The Balaban J connectivity index is 0.000000200. The van der Waals surface area contributed by atoms with E-state index in [4.69, 9.17) is 0 Å². The van der Waals surface area contributed by atoms with E-state index >= 15 is 0 Å². The fraction of sp³-hybridized carbons (Fsp3) is 0. The Labute approximate surface area is 292 Å². The maximum atomic E-state index is 2.27. The quantitative estimate of drug-likeness (QED) is 0.0856. The number of benzene rings is 6. The van der Waals surface area contributed by atoms with Crippen LogP contribution in [0.3, 0.4) is 0 Å². The Kier molecular flexibility index (Phi) is 18.0. The molecule has 0 aliphatic carbocycles. The molecule has 0 aromatic heterocycles. The normalized spacial score (nSPS) is 12.5. The standard InChI is InChI=1S/6C6H6P.ClH.2Ni/c6*7-6-4-2-1-3-5-6;;;/h6*1-5,7H;1H;;/q6*-1;;2*+3. The number of hydrogen-bond donors (Lipinski definition) is 0. The summed E-state index contributed by atoms with van der Waals surface area (Å²) < 4.78 is 0. The van der Waals surface area contributed by atoms with E-state index in [1.54, 1.807) is 0 Å². The molecule has 0 spiro atoms. The molecule has 0 aliphatic heterocycles. The molecule has 0 heterocycles. The number of hydrogen-bond acceptors (Lipinski definition) is 0. The van der Waals surface area contributed by atoms with E-state index in [0.717, 1.165) is 44.1 Å². The van der Waals surface area contributed by atoms with Gasteiger partial charge in [0, 0.05) is 0 Å². The predicted molar refractivity (Wildman–Crippen MR) is 214 cm³/mol. The Morgan fingerprint density at radius 1 is 0.222 bits per heavy atom. The molecule has 6 rings (SSSR count). The second-order valence-corrected chi connectivity index (χ2v) is 35.1. The van der Waals surface area contributed by atoms with Crippen molar-refractivity contribution in [2.24, 2.45) is 0 Å². The molecule has 0 fully saturated rings. The summed E-state index contributed by atoms with van der Waals surface area (Å²) >= 11 is 0.503. The fourth-order valence-corrected chi connectivity index (χ4v) is 32.4. The van der Waals surface area contributed by atoms with Gasteiger partial charge in [-0.05, 0) is 0 Å². The number of halogens is 1. The molecule has 0 nitrogen and oxygen atoms in total. The van der Waals surface area contributed by atoms with Crippen molar-refractivity contribution in [2.75, 3.05) is 0 Å². The van der Waals surface area contributed by atoms with E-state index in [9.17, 15) is 0 Å². The third-order valence-corrected chi connectivity index (χ3v) is 31.0. The maximum absolute atomic E-state index is 2.27. The van der Waals surface area contributed by atoms with E-state index in [2.05, 4.69) is 182 Å². The van der Waals surface area contributed by atoms with Crippen molar-refractivity contribution in [2.45, 2.75) is 0 Å². The Bertz CT molecular complexity index is 1280. The van der Waals surface area contributed by atoms with Crippen molar-refractivity contribution < 1.29 is 24.2 Å². The number of rotatable bonds is 12. The van der Waals surface area contributed by atoms with Gasteiger partial charge in [0.2, 0.25) is 0 Å². The molecule has 0 bridgehead atoms. The first-order valence-corrected chi connectivity index (χ1v) is 27.7. The van der Waals surface area contributed by atoms with E-state index in [-0.39, 0.29) is 36.6 Å². The fourth-order valence-electron chi connectivity index (χ4n) is 3.61. The van der Waals surface area contributed by atoms with Gasteiger partial charge in [0.05, 0.1) is 0 Å². The predicted octanol–water partition coefficient (Wildman–Crippen LogP) is 9.14. The molecule has 6 aromatic rings. The molecule has 0 N–H and O–H groups in total. The van der Waals surface area contributed by atoms with Crippen LogP contribution in [0.25, 0.3) is 0 Å². The van der Waals surface area contributed by atoms with Crippen molar-refractivity contribution in [3.8, 4) is 0 Å². The van der Waals surface area contributed by atoms with Crippen LogP contribution in [-0.2, 0) is 24.2 Å². The average molecular weight is 808 g/mol. The molecular weight excluding hydrogens is 771 g/mol. The zero-order chi connectivity index (χ0) is 30.1. The third-order valence-electron chi connectivity index (χ3n) is 5.66. The molecule has 0 amide bonds. The second-order valence-electron chi connectivity index (χ2n) is 9.14. The molecule has 0 saturated heterocycles. The summed E-state index contributed by atoms with van der Waals surface area (Å²) in [6, 6.07) is 65.7. The average Bonchev–Trinajstić information content (AvgIpc) is 3.08. The van der Waals surface area contributed by atoms with Gasteiger partial charge in [0.25, 0.3) is 0 Å². The van der Waals surface area contributed by atoms with Gasteiger partial charge in [-0.15, -0.1) is 12.4 Å². The van der Waals surface area contributed by atoms with Crippen molar-refractivity contribution in [1.29, 1.82) is 0 Å². The van der Waals surface area contributed by atoms with Crippen LogP contribution in [0.15, 0.2) is 182 Å². The molecule has 238 valence electrons. The summed E-state index contributed by atoms with van der Waals surface area (Å²) in [5, 5.41) is 8.94. The van der Waals surface area contributed by atoms with Gasteiger partial charge in [-0.3, -0.25) is 0 Å². The summed E-state index contributed by atoms with van der Waals surface area (Å²) in [4.78, 5) is 0. The van der Waals surface area contributed by atoms with Gasteiger partial charge in [-0.2, -0.15) is 0 Å². The summed E-state index contributed by atoms with van der Waals surface area (Å²) in [5.74, 6) is 0. The monoisotopic (exact) mass is 806 g/mol. The second kappa shape index (κ2) is 21.9. The topological polar surface area (TPSA) is 0 Å². The van der Waals surface area contributed by atoms with Crippen LogP contribution in [-0.4, -0.2) is 0 Å². The van der Waals surface area contributed by atoms with Gasteiger partial charge < -0.3 is 0 Å². The van der Waals surface area contributed by atoms with E-state index in [1.165, 1.54) is 31.8 Å². The van der Waals surface area contributed by atoms with Crippen LogP contribution in [0.5, 0.6) is 0 Å². The first-order chi connectivity index (χ1) is 21.8. The minimum absolute atomic E-state index is 0. The first kappa shape index (κ1) is 37.0. The zero-order valence-corrected chi connectivity index (χ0v) is 33.2. The molecule has 0 aliphatic rings. The van der Waals surface area contributed by atoms with Gasteiger partial charge in [0.1, 0.15) is 0 Å². The van der Waals surface area contributed by atoms with Crippen LogP contribution in [0.4, 0.5) is 0 Å².